The van der Waals surface area contributed by atoms with Gasteiger partial charge in [-0.25, -0.2) is 4.98 Å². The van der Waals surface area contributed by atoms with Crippen molar-refractivity contribution in [3.8, 4) is 5.88 Å². The molecule has 5 nitrogen and oxygen atoms in total. The lowest BCUT2D eigenvalue weighted by Crippen LogP contribution is -2.12. The maximum atomic E-state index is 6.00. The second-order valence-corrected chi connectivity index (χ2v) is 4.96. The molecule has 5 heteroatoms. The van der Waals surface area contributed by atoms with Gasteiger partial charge in [0.15, 0.2) is 5.82 Å². The first-order chi connectivity index (χ1) is 8.06. The van der Waals surface area contributed by atoms with Crippen LogP contribution in [0.15, 0.2) is 0 Å². The van der Waals surface area contributed by atoms with E-state index in [1.165, 1.54) is 12.8 Å². The van der Waals surface area contributed by atoms with Crippen LogP contribution < -0.4 is 15.8 Å². The summed E-state index contributed by atoms with van der Waals surface area (Å²) in [5, 5.41) is 3.30. The van der Waals surface area contributed by atoms with Gasteiger partial charge in [0.2, 0.25) is 5.88 Å². The zero-order valence-corrected chi connectivity index (χ0v) is 10.7. The van der Waals surface area contributed by atoms with Gasteiger partial charge >= 0.3 is 0 Å². The quantitative estimate of drug-likeness (QED) is 0.817. The Balaban J connectivity index is 2.15. The summed E-state index contributed by atoms with van der Waals surface area (Å²) in [4.78, 5) is 8.55. The molecular weight excluding hydrogens is 216 g/mol. The van der Waals surface area contributed by atoms with Crippen LogP contribution in [0.1, 0.15) is 32.5 Å². The molecule has 0 radical (unpaired) electrons. The van der Waals surface area contributed by atoms with E-state index in [0.717, 1.165) is 0 Å². The number of ether oxygens (including phenoxy) is 1. The maximum Gasteiger partial charge on any atom is 0.242 e. The van der Waals surface area contributed by atoms with Crippen LogP contribution in [-0.4, -0.2) is 22.6 Å². The predicted octanol–water partition coefficient (Wildman–Crippen LogP) is 1.98. The monoisotopic (exact) mass is 236 g/mol. The van der Waals surface area contributed by atoms with Crippen LogP contribution in [0.2, 0.25) is 0 Å². The number of nitrogens with two attached hydrogens (primary N) is 1. The van der Waals surface area contributed by atoms with Gasteiger partial charge in [0, 0.05) is 6.04 Å². The van der Waals surface area contributed by atoms with E-state index >= 15 is 0 Å². The van der Waals surface area contributed by atoms with E-state index in [9.17, 15) is 0 Å². The molecule has 1 aromatic rings. The van der Waals surface area contributed by atoms with Gasteiger partial charge in [-0.1, -0.05) is 13.8 Å². The van der Waals surface area contributed by atoms with E-state index < -0.39 is 0 Å². The smallest absolute Gasteiger partial charge is 0.242 e. The van der Waals surface area contributed by atoms with Gasteiger partial charge < -0.3 is 15.8 Å². The van der Waals surface area contributed by atoms with Crippen LogP contribution in [0.25, 0.3) is 0 Å². The fourth-order valence-electron chi connectivity index (χ4n) is 1.44. The highest BCUT2D eigenvalue weighted by molar-refractivity contribution is 5.67. The average Bonchev–Trinajstić information content (AvgIpc) is 3.04. The molecule has 94 valence electrons. The van der Waals surface area contributed by atoms with Crippen LogP contribution in [0.5, 0.6) is 5.88 Å². The fourth-order valence-corrected chi connectivity index (χ4v) is 1.44. The van der Waals surface area contributed by atoms with Crippen molar-refractivity contribution in [2.45, 2.75) is 39.7 Å². The molecule has 0 aromatic carbocycles. The lowest BCUT2D eigenvalue weighted by Gasteiger charge is -2.13. The van der Waals surface area contributed by atoms with Gasteiger partial charge in [-0.15, -0.1) is 0 Å². The summed E-state index contributed by atoms with van der Waals surface area (Å²) in [6, 6.07) is 0.518. The molecule has 3 N–H and O–H groups in total. The Kier molecular flexibility index (Phi) is 3.36. The summed E-state index contributed by atoms with van der Waals surface area (Å²) in [6.07, 6.45) is 2.37. The first-order valence-electron chi connectivity index (χ1n) is 6.09. The number of rotatable bonds is 5. The summed E-state index contributed by atoms with van der Waals surface area (Å²) in [5.41, 5.74) is 6.52. The first kappa shape index (κ1) is 12.0. The molecule has 17 heavy (non-hydrogen) atoms. The predicted molar refractivity (Wildman–Crippen MR) is 68.2 cm³/mol. The fraction of sp³-hybridized carbons (Fsp3) is 0.667. The molecule has 0 amide bonds. The molecule has 1 heterocycles. The average molecular weight is 236 g/mol. The number of nitrogens with one attached hydrogen (secondary N) is 1. The highest BCUT2D eigenvalue weighted by atomic mass is 16.5. The molecule has 1 saturated carbocycles. The Morgan fingerprint density at radius 3 is 2.71 bits per heavy atom. The third kappa shape index (κ3) is 3.22. The Hall–Kier alpha value is -1.52. The van der Waals surface area contributed by atoms with Gasteiger partial charge in [0.05, 0.1) is 6.61 Å². The summed E-state index contributed by atoms with van der Waals surface area (Å²) >= 11 is 0. The van der Waals surface area contributed by atoms with Gasteiger partial charge in [-0.2, -0.15) is 4.98 Å². The zero-order valence-electron chi connectivity index (χ0n) is 10.7. The van der Waals surface area contributed by atoms with Gasteiger partial charge in [0.1, 0.15) is 11.5 Å². The highest BCUT2D eigenvalue weighted by Gasteiger charge is 2.23. The third-order valence-corrected chi connectivity index (χ3v) is 2.49. The summed E-state index contributed by atoms with van der Waals surface area (Å²) < 4.78 is 5.61. The van der Waals surface area contributed by atoms with Crippen molar-refractivity contribution in [2.75, 3.05) is 17.7 Å². The zero-order chi connectivity index (χ0) is 12.4. The Morgan fingerprint density at radius 1 is 1.41 bits per heavy atom. The lowest BCUT2D eigenvalue weighted by atomic mass is 10.2. The number of nitrogen functional groups attached to an aromatic ring is 1. The van der Waals surface area contributed by atoms with Crippen LogP contribution in [0, 0.1) is 12.8 Å². The largest absolute Gasteiger partial charge is 0.476 e. The van der Waals surface area contributed by atoms with Crippen molar-refractivity contribution in [1.82, 2.24) is 9.97 Å². The van der Waals surface area contributed by atoms with Crippen LogP contribution in [0.4, 0.5) is 11.5 Å². The standard InChI is InChI=1S/C12H20N4O/c1-7(2)6-17-12-10(13)11(14-8(3)15-12)16-9-4-5-9/h7,9H,4-6,13H2,1-3H3,(H,14,15,16). The van der Waals surface area contributed by atoms with Crippen molar-refractivity contribution in [3.05, 3.63) is 5.82 Å². The van der Waals surface area contributed by atoms with Crippen molar-refractivity contribution < 1.29 is 4.74 Å². The minimum Gasteiger partial charge on any atom is -0.476 e. The Labute approximate surface area is 102 Å². The SMILES string of the molecule is Cc1nc(NC2CC2)c(N)c(OCC(C)C)n1. The van der Waals surface area contributed by atoms with E-state index in [1.54, 1.807) is 0 Å². The van der Waals surface area contributed by atoms with Crippen molar-refractivity contribution in [3.63, 3.8) is 0 Å². The van der Waals surface area contributed by atoms with E-state index in [1.807, 2.05) is 6.92 Å². The van der Waals surface area contributed by atoms with E-state index in [4.69, 9.17) is 10.5 Å². The molecule has 0 atom stereocenters. The molecule has 2 rings (SSSR count). The van der Waals surface area contributed by atoms with Gasteiger partial charge in [0.25, 0.3) is 0 Å². The molecule has 0 unspecified atom stereocenters. The normalized spacial score (nSPS) is 15.1. The second-order valence-electron chi connectivity index (χ2n) is 4.96. The number of hydrogen-bond acceptors (Lipinski definition) is 5. The van der Waals surface area contributed by atoms with Crippen molar-refractivity contribution >= 4 is 11.5 Å². The summed E-state index contributed by atoms with van der Waals surface area (Å²) in [7, 11) is 0. The molecule has 0 bridgehead atoms. The number of hydrogen-bond donors (Lipinski definition) is 2. The Bertz CT molecular complexity index is 402. The molecule has 0 saturated heterocycles. The van der Waals surface area contributed by atoms with Crippen LogP contribution in [-0.2, 0) is 0 Å². The molecule has 1 aromatic heterocycles. The lowest BCUT2D eigenvalue weighted by molar-refractivity contribution is 0.262. The number of aryl methyl sites for hydroxylation is 1. The van der Waals surface area contributed by atoms with Crippen LogP contribution in [0.3, 0.4) is 0 Å². The Morgan fingerprint density at radius 2 is 2.12 bits per heavy atom. The minimum absolute atomic E-state index is 0.449. The van der Waals surface area contributed by atoms with E-state index in [0.29, 0.717) is 41.8 Å². The number of anilines is 2. The van der Waals surface area contributed by atoms with Gasteiger partial charge in [-0.05, 0) is 25.7 Å². The topological polar surface area (TPSA) is 73.1 Å². The second kappa shape index (κ2) is 4.77. The highest BCUT2D eigenvalue weighted by Crippen LogP contribution is 2.31. The molecular formula is C12H20N4O. The molecule has 1 fully saturated rings. The molecule has 0 aliphatic heterocycles. The molecule has 1 aliphatic carbocycles. The summed E-state index contributed by atoms with van der Waals surface area (Å²) in [5.74, 6) is 2.33. The number of aromatic nitrogens is 2. The molecule has 0 spiro atoms. The first-order valence-corrected chi connectivity index (χ1v) is 6.09. The number of nitrogens with zero attached hydrogens (tertiary/aromatic N) is 2. The van der Waals surface area contributed by atoms with Crippen LogP contribution >= 0.6 is 0 Å². The molecule has 1 aliphatic rings. The van der Waals surface area contributed by atoms with E-state index in [2.05, 4.69) is 29.1 Å². The van der Waals surface area contributed by atoms with Gasteiger partial charge in [-0.3, -0.25) is 0 Å². The summed E-state index contributed by atoms with van der Waals surface area (Å²) in [6.45, 7) is 6.64. The van der Waals surface area contributed by atoms with Crippen molar-refractivity contribution in [2.24, 2.45) is 5.92 Å². The van der Waals surface area contributed by atoms with Crippen molar-refractivity contribution in [1.29, 1.82) is 0 Å². The minimum atomic E-state index is 0.449. The maximum absolute atomic E-state index is 6.00. The third-order valence-electron chi connectivity index (χ3n) is 2.49. The van der Waals surface area contributed by atoms with E-state index in [-0.39, 0.29) is 0 Å².